The smallest absolute Gasteiger partial charge is 0.257 e. The topological polar surface area (TPSA) is 59.6 Å². The molecule has 0 saturated carbocycles. The van der Waals surface area contributed by atoms with E-state index in [1.807, 2.05) is 42.5 Å². The molecular formula is C28H32N2O3S. The van der Waals surface area contributed by atoms with Crippen LogP contribution in [0.15, 0.2) is 78.9 Å². The van der Waals surface area contributed by atoms with Crippen LogP contribution in [0.5, 0.6) is 11.5 Å². The molecule has 3 aromatic rings. The van der Waals surface area contributed by atoms with Gasteiger partial charge in [0.2, 0.25) is 0 Å². The molecule has 6 heteroatoms. The second-order valence-corrected chi connectivity index (χ2v) is 8.36. The minimum absolute atomic E-state index is 0.228. The van der Waals surface area contributed by atoms with Crippen molar-refractivity contribution in [2.75, 3.05) is 18.5 Å². The molecule has 34 heavy (non-hydrogen) atoms. The van der Waals surface area contributed by atoms with E-state index in [1.54, 1.807) is 24.3 Å². The van der Waals surface area contributed by atoms with Gasteiger partial charge in [-0.15, -0.1) is 0 Å². The van der Waals surface area contributed by atoms with E-state index in [1.165, 1.54) is 5.56 Å². The van der Waals surface area contributed by atoms with Gasteiger partial charge < -0.3 is 14.8 Å². The third-order valence-electron chi connectivity index (χ3n) is 5.17. The highest BCUT2D eigenvalue weighted by molar-refractivity contribution is 7.80. The molecular weight excluding hydrogens is 444 g/mol. The molecule has 178 valence electrons. The second kappa shape index (κ2) is 14.0. The van der Waals surface area contributed by atoms with Gasteiger partial charge in [-0.05, 0) is 73.4 Å². The molecule has 3 aromatic carbocycles. The summed E-state index contributed by atoms with van der Waals surface area (Å²) in [7, 11) is 0. The van der Waals surface area contributed by atoms with Gasteiger partial charge in [0.05, 0.1) is 13.2 Å². The number of rotatable bonds is 12. The van der Waals surface area contributed by atoms with Gasteiger partial charge in [0.25, 0.3) is 5.91 Å². The molecule has 0 aromatic heterocycles. The van der Waals surface area contributed by atoms with Crippen LogP contribution < -0.4 is 20.1 Å². The van der Waals surface area contributed by atoms with Gasteiger partial charge in [0, 0.05) is 17.3 Å². The summed E-state index contributed by atoms with van der Waals surface area (Å²) in [6.45, 7) is 3.46. The standard InChI is InChI=1S/C28H32N2O3S/c1-2-3-7-19-32-25-17-15-23(16-18-25)27(31)30-28(34)29-24-13-8-14-26(21-24)33-20-9-12-22-10-5-4-6-11-22/h4-6,8,10-11,13-18,21H,2-3,7,9,12,19-20H2,1H3,(H2,29,30,31,34). The zero-order chi connectivity index (χ0) is 24.0. The number of anilines is 1. The van der Waals surface area contributed by atoms with Gasteiger partial charge in [-0.3, -0.25) is 10.1 Å². The third-order valence-corrected chi connectivity index (χ3v) is 5.38. The zero-order valence-electron chi connectivity index (χ0n) is 19.6. The summed E-state index contributed by atoms with van der Waals surface area (Å²) in [5.41, 5.74) is 2.57. The number of nitrogens with one attached hydrogen (secondary N) is 2. The maximum atomic E-state index is 12.5. The Morgan fingerprint density at radius 3 is 2.32 bits per heavy atom. The van der Waals surface area contributed by atoms with Gasteiger partial charge in [0.15, 0.2) is 5.11 Å². The molecule has 0 radical (unpaired) electrons. The van der Waals surface area contributed by atoms with Gasteiger partial charge in [-0.1, -0.05) is 56.2 Å². The molecule has 0 aliphatic carbocycles. The molecule has 2 N–H and O–H groups in total. The van der Waals surface area contributed by atoms with Crippen LogP contribution in [-0.2, 0) is 6.42 Å². The molecule has 1 amide bonds. The molecule has 0 unspecified atom stereocenters. The Balaban J connectivity index is 1.42. The van der Waals surface area contributed by atoms with E-state index < -0.39 is 0 Å². The summed E-state index contributed by atoms with van der Waals surface area (Å²) in [5.74, 6) is 1.24. The number of hydrogen-bond acceptors (Lipinski definition) is 4. The minimum atomic E-state index is -0.275. The number of aryl methyl sites for hydroxylation is 1. The Bertz CT molecular complexity index is 1040. The Hall–Kier alpha value is -3.38. The lowest BCUT2D eigenvalue weighted by Crippen LogP contribution is -2.34. The van der Waals surface area contributed by atoms with Crippen molar-refractivity contribution in [1.82, 2.24) is 5.32 Å². The van der Waals surface area contributed by atoms with E-state index in [2.05, 4.69) is 29.7 Å². The minimum Gasteiger partial charge on any atom is -0.494 e. The van der Waals surface area contributed by atoms with Gasteiger partial charge in [0.1, 0.15) is 11.5 Å². The third kappa shape index (κ3) is 8.87. The average molecular weight is 477 g/mol. The van der Waals surface area contributed by atoms with E-state index >= 15 is 0 Å². The first-order chi connectivity index (χ1) is 16.6. The number of benzene rings is 3. The number of unbranched alkanes of at least 4 members (excludes halogenated alkanes) is 2. The van der Waals surface area contributed by atoms with Crippen molar-refractivity contribution in [3.8, 4) is 11.5 Å². The normalized spacial score (nSPS) is 10.4. The molecule has 0 aliphatic heterocycles. The molecule has 0 saturated heterocycles. The van der Waals surface area contributed by atoms with Crippen molar-refractivity contribution in [3.05, 3.63) is 90.0 Å². The van der Waals surface area contributed by atoms with Crippen LogP contribution in [0.25, 0.3) is 0 Å². The summed E-state index contributed by atoms with van der Waals surface area (Å²) >= 11 is 5.32. The number of carbonyl (C=O) groups is 1. The first kappa shape index (κ1) is 25.2. The van der Waals surface area contributed by atoms with Crippen LogP contribution in [0.4, 0.5) is 5.69 Å². The molecule has 5 nitrogen and oxygen atoms in total. The van der Waals surface area contributed by atoms with E-state index in [0.717, 1.165) is 49.3 Å². The van der Waals surface area contributed by atoms with Crippen molar-refractivity contribution in [1.29, 1.82) is 0 Å². The molecule has 0 atom stereocenters. The predicted molar refractivity (Wildman–Crippen MR) is 142 cm³/mol. The van der Waals surface area contributed by atoms with Crippen LogP contribution in [0.1, 0.15) is 48.5 Å². The van der Waals surface area contributed by atoms with Crippen molar-refractivity contribution in [2.45, 2.75) is 39.0 Å². The van der Waals surface area contributed by atoms with Crippen LogP contribution >= 0.6 is 12.2 Å². The summed E-state index contributed by atoms with van der Waals surface area (Å²) in [5, 5.41) is 5.99. The summed E-state index contributed by atoms with van der Waals surface area (Å²) in [6, 6.07) is 25.0. The number of hydrogen-bond donors (Lipinski definition) is 2. The molecule has 0 bridgehead atoms. The van der Waals surface area contributed by atoms with Crippen molar-refractivity contribution in [3.63, 3.8) is 0 Å². The first-order valence-corrected chi connectivity index (χ1v) is 12.2. The fourth-order valence-corrected chi connectivity index (χ4v) is 3.57. The lowest BCUT2D eigenvalue weighted by atomic mass is 10.1. The molecule has 0 heterocycles. The number of ether oxygens (including phenoxy) is 2. The van der Waals surface area contributed by atoms with Crippen LogP contribution in [0.3, 0.4) is 0 Å². The highest BCUT2D eigenvalue weighted by Gasteiger charge is 2.09. The zero-order valence-corrected chi connectivity index (χ0v) is 20.4. The summed E-state index contributed by atoms with van der Waals surface area (Å²) in [6.07, 6.45) is 5.23. The first-order valence-electron chi connectivity index (χ1n) is 11.8. The highest BCUT2D eigenvalue weighted by atomic mass is 32.1. The van der Waals surface area contributed by atoms with Crippen molar-refractivity contribution in [2.24, 2.45) is 0 Å². The fourth-order valence-electron chi connectivity index (χ4n) is 3.36. The lowest BCUT2D eigenvalue weighted by Gasteiger charge is -2.12. The average Bonchev–Trinajstić information content (AvgIpc) is 2.86. The summed E-state index contributed by atoms with van der Waals surface area (Å²) < 4.78 is 11.6. The Morgan fingerprint density at radius 1 is 0.824 bits per heavy atom. The molecule has 3 rings (SSSR count). The second-order valence-electron chi connectivity index (χ2n) is 7.95. The van der Waals surface area contributed by atoms with Crippen LogP contribution in [-0.4, -0.2) is 24.2 Å². The Kier molecular flexibility index (Phi) is 10.4. The Labute approximate surface area is 207 Å². The predicted octanol–water partition coefficient (Wildman–Crippen LogP) is 6.39. The van der Waals surface area contributed by atoms with Crippen LogP contribution in [0.2, 0.25) is 0 Å². The molecule has 0 fully saturated rings. The molecule has 0 aliphatic rings. The van der Waals surface area contributed by atoms with E-state index in [-0.39, 0.29) is 11.0 Å². The molecule has 0 spiro atoms. The number of amides is 1. The number of thiocarbonyl (C=S) groups is 1. The highest BCUT2D eigenvalue weighted by Crippen LogP contribution is 2.18. The van der Waals surface area contributed by atoms with Gasteiger partial charge in [-0.2, -0.15) is 0 Å². The van der Waals surface area contributed by atoms with E-state index in [4.69, 9.17) is 21.7 Å². The maximum absolute atomic E-state index is 12.5. The van der Waals surface area contributed by atoms with E-state index in [9.17, 15) is 4.79 Å². The maximum Gasteiger partial charge on any atom is 0.257 e. The van der Waals surface area contributed by atoms with Gasteiger partial charge >= 0.3 is 0 Å². The monoisotopic (exact) mass is 476 g/mol. The lowest BCUT2D eigenvalue weighted by molar-refractivity contribution is 0.0977. The quantitative estimate of drug-likeness (QED) is 0.234. The van der Waals surface area contributed by atoms with Crippen molar-refractivity contribution >= 4 is 28.9 Å². The Morgan fingerprint density at radius 2 is 1.56 bits per heavy atom. The van der Waals surface area contributed by atoms with E-state index in [0.29, 0.717) is 18.8 Å². The summed E-state index contributed by atoms with van der Waals surface area (Å²) in [4.78, 5) is 12.5. The number of carbonyl (C=O) groups excluding carboxylic acids is 1. The van der Waals surface area contributed by atoms with Crippen LogP contribution in [0, 0.1) is 0 Å². The largest absolute Gasteiger partial charge is 0.494 e. The SMILES string of the molecule is CCCCCOc1ccc(C(=O)NC(=S)Nc2cccc(OCCCc3ccccc3)c2)cc1. The van der Waals surface area contributed by atoms with Crippen molar-refractivity contribution < 1.29 is 14.3 Å². The fraction of sp³-hybridized carbons (Fsp3) is 0.286. The van der Waals surface area contributed by atoms with Gasteiger partial charge in [-0.25, -0.2) is 0 Å².